The Hall–Kier alpha value is -0.530. The first-order chi connectivity index (χ1) is 8.47. The largest absolute Gasteiger partial charge is 0.306 e. The number of hydrogen-bond acceptors (Lipinski definition) is 1. The van der Waals surface area contributed by atoms with Crippen LogP contribution in [0.5, 0.6) is 0 Å². The summed E-state index contributed by atoms with van der Waals surface area (Å²) in [6, 6.07) is 2.30. The molecular weight excluding hydrogens is 242 g/mol. The van der Waals surface area contributed by atoms with E-state index in [1.54, 1.807) is 0 Å². The summed E-state index contributed by atoms with van der Waals surface area (Å²) in [5.41, 5.74) is 7.28. The van der Waals surface area contributed by atoms with Gasteiger partial charge in [0.25, 0.3) is 0 Å². The van der Waals surface area contributed by atoms with Gasteiger partial charge in [-0.3, -0.25) is 0 Å². The quantitative estimate of drug-likeness (QED) is 0.704. The Morgan fingerprint density at radius 2 is 1.56 bits per heavy atom. The number of aryl methyl sites for hydroxylation is 2. The molecule has 0 heterocycles. The van der Waals surface area contributed by atoms with Crippen molar-refractivity contribution >= 4 is 11.6 Å². The Balaban J connectivity index is 2.73. The van der Waals surface area contributed by atoms with Gasteiger partial charge in [0.05, 0.1) is 0 Å². The highest BCUT2D eigenvalue weighted by molar-refractivity contribution is 6.17. The molecule has 1 rings (SSSR count). The fourth-order valence-corrected chi connectivity index (χ4v) is 2.54. The van der Waals surface area contributed by atoms with Crippen LogP contribution in [0.25, 0.3) is 0 Å². The maximum Gasteiger partial charge on any atom is 0.0235 e. The van der Waals surface area contributed by atoms with Gasteiger partial charge >= 0.3 is 0 Å². The van der Waals surface area contributed by atoms with E-state index in [4.69, 9.17) is 11.6 Å². The molecule has 0 atom stereocenters. The molecule has 18 heavy (non-hydrogen) atoms. The van der Waals surface area contributed by atoms with Gasteiger partial charge in [-0.15, -0.1) is 11.6 Å². The van der Waals surface area contributed by atoms with Crippen molar-refractivity contribution in [1.29, 1.82) is 0 Å². The van der Waals surface area contributed by atoms with Crippen molar-refractivity contribution in [3.05, 3.63) is 33.9 Å². The van der Waals surface area contributed by atoms with Crippen LogP contribution in [0.1, 0.15) is 34.2 Å². The lowest BCUT2D eigenvalue weighted by Gasteiger charge is -2.19. The maximum absolute atomic E-state index is 5.73. The minimum absolute atomic E-state index is 0.756. The second-order valence-corrected chi connectivity index (χ2v) is 5.71. The molecule has 1 aromatic carbocycles. The lowest BCUT2D eigenvalue weighted by Crippen LogP contribution is -2.23. The van der Waals surface area contributed by atoms with Crippen LogP contribution in [0.2, 0.25) is 0 Å². The topological polar surface area (TPSA) is 3.24 Å². The van der Waals surface area contributed by atoms with E-state index in [0.29, 0.717) is 0 Å². The van der Waals surface area contributed by atoms with E-state index in [9.17, 15) is 0 Å². The normalized spacial score (nSPS) is 11.3. The number of nitrogens with zero attached hydrogens (tertiary/aromatic N) is 1. The van der Waals surface area contributed by atoms with E-state index in [1.807, 2.05) is 0 Å². The highest BCUT2D eigenvalue weighted by Crippen LogP contribution is 2.22. The van der Waals surface area contributed by atoms with E-state index in [-0.39, 0.29) is 0 Å². The molecule has 0 saturated carbocycles. The molecule has 0 saturated heterocycles. The fraction of sp³-hybridized carbons (Fsp3) is 0.625. The molecule has 2 heteroatoms. The van der Waals surface area contributed by atoms with Gasteiger partial charge in [0.1, 0.15) is 0 Å². The number of likely N-dealkylation sites (N-methyl/N-ethyl adjacent to an activating group) is 1. The summed E-state index contributed by atoms with van der Waals surface area (Å²) >= 11 is 5.73. The Kier molecular flexibility index (Phi) is 6.17. The second kappa shape index (κ2) is 7.16. The molecule has 0 bridgehead atoms. The third kappa shape index (κ3) is 4.00. The monoisotopic (exact) mass is 267 g/mol. The van der Waals surface area contributed by atoms with Crippen molar-refractivity contribution in [3.63, 3.8) is 0 Å². The first-order valence-corrected chi connectivity index (χ1v) is 7.31. The van der Waals surface area contributed by atoms with Gasteiger partial charge in [0.2, 0.25) is 0 Å². The minimum Gasteiger partial charge on any atom is -0.306 e. The Morgan fingerprint density at radius 1 is 1.00 bits per heavy atom. The number of hydrogen-bond donors (Lipinski definition) is 0. The summed E-state index contributed by atoms with van der Waals surface area (Å²) in [6.45, 7) is 11.1. The number of alkyl halides is 1. The first kappa shape index (κ1) is 15.5. The molecule has 1 aromatic rings. The molecular formula is C16H26ClN. The van der Waals surface area contributed by atoms with Crippen molar-refractivity contribution in [3.8, 4) is 0 Å². The van der Waals surface area contributed by atoms with Crippen molar-refractivity contribution in [2.24, 2.45) is 0 Å². The van der Waals surface area contributed by atoms with E-state index >= 15 is 0 Å². The Labute approximate surface area is 117 Å². The van der Waals surface area contributed by atoms with Crippen LogP contribution in [0, 0.1) is 27.7 Å². The zero-order valence-corrected chi connectivity index (χ0v) is 13.2. The van der Waals surface area contributed by atoms with Crippen LogP contribution in [0.15, 0.2) is 6.07 Å². The molecule has 0 aliphatic heterocycles. The lowest BCUT2D eigenvalue weighted by atomic mass is 9.92. The second-order valence-electron chi connectivity index (χ2n) is 5.33. The van der Waals surface area contributed by atoms with Crippen LogP contribution < -0.4 is 0 Å². The van der Waals surface area contributed by atoms with Crippen LogP contribution in [0.4, 0.5) is 0 Å². The molecule has 0 radical (unpaired) electrons. The summed E-state index contributed by atoms with van der Waals surface area (Å²) < 4.78 is 0. The molecule has 0 spiro atoms. The predicted molar refractivity (Wildman–Crippen MR) is 81.9 cm³/mol. The smallest absolute Gasteiger partial charge is 0.0235 e. The van der Waals surface area contributed by atoms with Crippen molar-refractivity contribution < 1.29 is 0 Å². The van der Waals surface area contributed by atoms with Crippen molar-refractivity contribution in [2.75, 3.05) is 26.0 Å². The van der Waals surface area contributed by atoms with Gasteiger partial charge in [-0.25, -0.2) is 0 Å². The highest BCUT2D eigenvalue weighted by atomic mass is 35.5. The minimum atomic E-state index is 0.756. The van der Waals surface area contributed by atoms with Gasteiger partial charge in [0, 0.05) is 12.4 Å². The van der Waals surface area contributed by atoms with Gasteiger partial charge in [-0.2, -0.15) is 0 Å². The molecule has 102 valence electrons. The number of rotatable bonds is 6. The van der Waals surface area contributed by atoms with Gasteiger partial charge in [-0.1, -0.05) is 6.07 Å². The average molecular weight is 268 g/mol. The van der Waals surface area contributed by atoms with Crippen molar-refractivity contribution in [1.82, 2.24) is 4.90 Å². The SMILES string of the molecule is Cc1cc(C)c(C)c(CCN(C)CCCCl)c1C. The van der Waals surface area contributed by atoms with Gasteiger partial charge < -0.3 is 4.90 Å². The van der Waals surface area contributed by atoms with Gasteiger partial charge in [-0.05, 0) is 81.9 Å². The summed E-state index contributed by atoms with van der Waals surface area (Å²) in [5, 5.41) is 0. The zero-order chi connectivity index (χ0) is 13.7. The van der Waals surface area contributed by atoms with E-state index in [0.717, 1.165) is 31.8 Å². The predicted octanol–water partition coefficient (Wildman–Crippen LogP) is 4.02. The Morgan fingerprint density at radius 3 is 2.06 bits per heavy atom. The third-order valence-corrected chi connectivity index (χ3v) is 4.21. The molecule has 0 aromatic heterocycles. The summed E-state index contributed by atoms with van der Waals surface area (Å²) in [4.78, 5) is 2.37. The van der Waals surface area contributed by atoms with E-state index in [2.05, 4.69) is 45.7 Å². The van der Waals surface area contributed by atoms with Crippen LogP contribution in [-0.4, -0.2) is 30.9 Å². The average Bonchev–Trinajstić information content (AvgIpc) is 2.34. The fourth-order valence-electron chi connectivity index (χ4n) is 2.42. The van der Waals surface area contributed by atoms with Crippen LogP contribution in [-0.2, 0) is 6.42 Å². The highest BCUT2D eigenvalue weighted by Gasteiger charge is 2.09. The molecule has 1 nitrogen and oxygen atoms in total. The molecule has 0 fully saturated rings. The van der Waals surface area contributed by atoms with E-state index < -0.39 is 0 Å². The molecule has 0 N–H and O–H groups in total. The molecule has 0 unspecified atom stereocenters. The Bertz CT molecular complexity index is 372. The van der Waals surface area contributed by atoms with Crippen molar-refractivity contribution in [2.45, 2.75) is 40.5 Å². The maximum atomic E-state index is 5.73. The summed E-state index contributed by atoms with van der Waals surface area (Å²) in [5.74, 6) is 0.756. The standard InChI is InChI=1S/C16H26ClN/c1-12-11-13(2)15(4)16(14(12)3)7-10-18(5)9-6-8-17/h11H,6-10H2,1-5H3. The van der Waals surface area contributed by atoms with Crippen LogP contribution in [0.3, 0.4) is 0 Å². The summed E-state index contributed by atoms with van der Waals surface area (Å²) in [7, 11) is 2.18. The molecule has 0 aliphatic carbocycles. The molecule has 0 aliphatic rings. The van der Waals surface area contributed by atoms with Gasteiger partial charge in [0.15, 0.2) is 0 Å². The first-order valence-electron chi connectivity index (χ1n) is 6.78. The molecule has 0 amide bonds. The summed E-state index contributed by atoms with van der Waals surface area (Å²) in [6.07, 6.45) is 2.21. The zero-order valence-electron chi connectivity index (χ0n) is 12.4. The lowest BCUT2D eigenvalue weighted by molar-refractivity contribution is 0.339. The van der Waals surface area contributed by atoms with Crippen LogP contribution >= 0.6 is 11.6 Å². The number of halogens is 1. The third-order valence-electron chi connectivity index (χ3n) is 3.94. The van der Waals surface area contributed by atoms with E-state index in [1.165, 1.54) is 27.8 Å². The number of benzene rings is 1.